The fourth-order valence-electron chi connectivity index (χ4n) is 2.49. The van der Waals surface area contributed by atoms with Gasteiger partial charge in [0.25, 0.3) is 0 Å². The smallest absolute Gasteiger partial charge is 0.315 e. The van der Waals surface area contributed by atoms with Crippen LogP contribution in [0.1, 0.15) is 34.1 Å². The Morgan fingerprint density at radius 1 is 0.792 bits per heavy atom. The minimum atomic E-state index is -0.956. The molecular formula is C16H26O8. The van der Waals surface area contributed by atoms with E-state index in [9.17, 15) is 14.4 Å². The van der Waals surface area contributed by atoms with Crippen molar-refractivity contribution in [1.29, 1.82) is 0 Å². The maximum absolute atomic E-state index is 12.2. The summed E-state index contributed by atoms with van der Waals surface area (Å²) < 4.78 is 25.9. The third-order valence-corrected chi connectivity index (χ3v) is 3.64. The zero-order valence-electron chi connectivity index (χ0n) is 14.6. The lowest BCUT2D eigenvalue weighted by Crippen LogP contribution is -2.64. The summed E-state index contributed by atoms with van der Waals surface area (Å²) >= 11 is 0. The molecule has 8 nitrogen and oxygen atoms in total. The van der Waals surface area contributed by atoms with Crippen molar-refractivity contribution in [3.63, 3.8) is 0 Å². The predicted octanol–water partition coefficient (Wildman–Crippen LogP) is 1.06. The van der Waals surface area contributed by atoms with E-state index >= 15 is 0 Å². The Kier molecular flexibility index (Phi) is 8.70. The molecule has 1 fully saturated rings. The van der Waals surface area contributed by atoms with Crippen molar-refractivity contribution in [2.24, 2.45) is 11.8 Å². The van der Waals surface area contributed by atoms with E-state index in [0.717, 1.165) is 0 Å². The van der Waals surface area contributed by atoms with Gasteiger partial charge in [-0.05, 0) is 20.8 Å². The van der Waals surface area contributed by atoms with Crippen molar-refractivity contribution in [3.8, 4) is 0 Å². The summed E-state index contributed by atoms with van der Waals surface area (Å²) in [6.07, 6.45) is -1.64. The monoisotopic (exact) mass is 346 g/mol. The normalized spacial score (nSPS) is 25.5. The highest BCUT2D eigenvalue weighted by Crippen LogP contribution is 2.41. The molecule has 1 rings (SSSR count). The Morgan fingerprint density at radius 2 is 1.33 bits per heavy atom. The molecule has 0 saturated heterocycles. The summed E-state index contributed by atoms with van der Waals surface area (Å²) in [5.41, 5.74) is 0. The van der Waals surface area contributed by atoms with E-state index in [1.807, 2.05) is 0 Å². The van der Waals surface area contributed by atoms with Gasteiger partial charge in [-0.1, -0.05) is 6.92 Å². The van der Waals surface area contributed by atoms with Crippen LogP contribution in [0.25, 0.3) is 0 Å². The number of ether oxygens (including phenoxy) is 5. The fourth-order valence-corrected chi connectivity index (χ4v) is 2.49. The van der Waals surface area contributed by atoms with E-state index < -0.39 is 42.0 Å². The average Bonchev–Trinajstić information content (AvgIpc) is 2.53. The Labute approximate surface area is 141 Å². The van der Waals surface area contributed by atoms with Gasteiger partial charge in [-0.15, -0.1) is 0 Å². The molecule has 0 aromatic carbocycles. The van der Waals surface area contributed by atoms with Gasteiger partial charge >= 0.3 is 17.9 Å². The first-order valence-corrected chi connectivity index (χ1v) is 8.23. The molecule has 0 aromatic heterocycles. The Hall–Kier alpha value is -1.67. The van der Waals surface area contributed by atoms with Gasteiger partial charge in [-0.25, -0.2) is 0 Å². The van der Waals surface area contributed by atoms with Crippen LogP contribution < -0.4 is 0 Å². The topological polar surface area (TPSA) is 97.4 Å². The molecule has 8 heteroatoms. The summed E-state index contributed by atoms with van der Waals surface area (Å²) in [7, 11) is 0. The highest BCUT2D eigenvalue weighted by Gasteiger charge is 2.62. The molecule has 0 N–H and O–H groups in total. The lowest BCUT2D eigenvalue weighted by Gasteiger charge is -2.46. The van der Waals surface area contributed by atoms with E-state index in [2.05, 4.69) is 0 Å². The average molecular weight is 346 g/mol. The van der Waals surface area contributed by atoms with E-state index in [0.29, 0.717) is 6.61 Å². The van der Waals surface area contributed by atoms with Crippen LogP contribution in [0.3, 0.4) is 0 Å². The SMILES string of the molecule is CCOCOC1C(C(=O)OCC)C(OC(=O)CC)C1C(=O)OCC. The number of esters is 3. The summed E-state index contributed by atoms with van der Waals surface area (Å²) in [6, 6.07) is 0. The maximum atomic E-state index is 12.2. The number of carbonyl (C=O) groups is 3. The first-order chi connectivity index (χ1) is 11.5. The highest BCUT2D eigenvalue weighted by molar-refractivity contribution is 5.84. The molecule has 0 bridgehead atoms. The van der Waals surface area contributed by atoms with Gasteiger partial charge in [0.1, 0.15) is 24.7 Å². The second-order valence-corrected chi connectivity index (χ2v) is 5.11. The molecule has 2 unspecified atom stereocenters. The van der Waals surface area contributed by atoms with Crippen LogP contribution in [0.4, 0.5) is 0 Å². The molecule has 0 aromatic rings. The second kappa shape index (κ2) is 10.2. The van der Waals surface area contributed by atoms with E-state index in [-0.39, 0.29) is 26.4 Å². The lowest BCUT2D eigenvalue weighted by atomic mass is 9.68. The number of carbonyl (C=O) groups excluding carboxylic acids is 3. The molecule has 0 amide bonds. The Bertz CT molecular complexity index is 410. The summed E-state index contributed by atoms with van der Waals surface area (Å²) in [6.45, 7) is 7.45. The van der Waals surface area contributed by atoms with E-state index in [1.165, 1.54) is 0 Å². The van der Waals surface area contributed by atoms with E-state index in [4.69, 9.17) is 23.7 Å². The third kappa shape index (κ3) is 4.91. The molecule has 1 saturated carbocycles. The van der Waals surface area contributed by atoms with Crippen molar-refractivity contribution in [2.75, 3.05) is 26.6 Å². The Balaban J connectivity index is 2.95. The molecule has 1 aliphatic rings. The van der Waals surface area contributed by atoms with Gasteiger partial charge in [-0.3, -0.25) is 14.4 Å². The molecule has 0 radical (unpaired) electrons. The van der Waals surface area contributed by atoms with Gasteiger partial charge in [0.15, 0.2) is 0 Å². The van der Waals surface area contributed by atoms with Crippen molar-refractivity contribution in [3.05, 3.63) is 0 Å². The van der Waals surface area contributed by atoms with Gasteiger partial charge in [-0.2, -0.15) is 0 Å². The van der Waals surface area contributed by atoms with E-state index in [1.54, 1.807) is 27.7 Å². The molecule has 0 spiro atoms. The second-order valence-electron chi connectivity index (χ2n) is 5.11. The molecular weight excluding hydrogens is 320 g/mol. The number of hydrogen-bond acceptors (Lipinski definition) is 8. The minimum absolute atomic E-state index is 0.0819. The minimum Gasteiger partial charge on any atom is -0.466 e. The van der Waals surface area contributed by atoms with Crippen molar-refractivity contribution in [2.45, 2.75) is 46.3 Å². The van der Waals surface area contributed by atoms with Crippen LogP contribution in [0.2, 0.25) is 0 Å². The van der Waals surface area contributed by atoms with Crippen molar-refractivity contribution >= 4 is 17.9 Å². The zero-order chi connectivity index (χ0) is 18.1. The summed E-state index contributed by atoms with van der Waals surface area (Å²) in [5, 5.41) is 0. The van der Waals surface area contributed by atoms with Gasteiger partial charge in [0.2, 0.25) is 0 Å². The van der Waals surface area contributed by atoms with Crippen LogP contribution in [0.15, 0.2) is 0 Å². The molecule has 1 aliphatic carbocycles. The number of rotatable bonds is 10. The summed E-state index contributed by atoms with van der Waals surface area (Å²) in [5.74, 6) is -3.42. The predicted molar refractivity (Wildman–Crippen MR) is 81.8 cm³/mol. The standard InChI is InChI=1S/C16H26O8/c1-5-10(17)24-14-11(15(18)21-7-3)13(23-9-20-6-2)12(14)16(19)22-8-4/h11-14H,5-9H2,1-4H3. The first kappa shape index (κ1) is 20.4. The third-order valence-electron chi connectivity index (χ3n) is 3.64. The number of hydrogen-bond donors (Lipinski definition) is 0. The molecule has 0 heterocycles. The van der Waals surface area contributed by atoms with Crippen molar-refractivity contribution < 1.29 is 38.1 Å². The lowest BCUT2D eigenvalue weighted by molar-refractivity contribution is -0.236. The molecule has 24 heavy (non-hydrogen) atoms. The fraction of sp³-hybridized carbons (Fsp3) is 0.812. The van der Waals surface area contributed by atoms with Crippen LogP contribution in [0, 0.1) is 11.8 Å². The van der Waals surface area contributed by atoms with Crippen LogP contribution >= 0.6 is 0 Å². The quantitative estimate of drug-likeness (QED) is 0.251. The van der Waals surface area contributed by atoms with Gasteiger partial charge in [0, 0.05) is 13.0 Å². The Morgan fingerprint density at radius 3 is 1.75 bits per heavy atom. The summed E-state index contributed by atoms with van der Waals surface area (Å²) in [4.78, 5) is 36.0. The molecule has 2 atom stereocenters. The highest BCUT2D eigenvalue weighted by atomic mass is 16.7. The maximum Gasteiger partial charge on any atom is 0.315 e. The molecule has 138 valence electrons. The largest absolute Gasteiger partial charge is 0.466 e. The van der Waals surface area contributed by atoms with Crippen LogP contribution in [0.5, 0.6) is 0 Å². The molecule has 0 aliphatic heterocycles. The first-order valence-electron chi connectivity index (χ1n) is 8.23. The van der Waals surface area contributed by atoms with Gasteiger partial charge < -0.3 is 23.7 Å². The zero-order valence-corrected chi connectivity index (χ0v) is 14.6. The van der Waals surface area contributed by atoms with Crippen LogP contribution in [-0.2, 0) is 38.1 Å². The van der Waals surface area contributed by atoms with Gasteiger partial charge in [0.05, 0.1) is 19.3 Å². The van der Waals surface area contributed by atoms with Crippen LogP contribution in [-0.4, -0.2) is 56.7 Å². The van der Waals surface area contributed by atoms with Crippen molar-refractivity contribution in [1.82, 2.24) is 0 Å².